The fraction of sp³-hybridized carbons (Fsp3) is 0.600. The molecule has 1 atom stereocenters. The summed E-state index contributed by atoms with van der Waals surface area (Å²) < 4.78 is 0. The zero-order valence-corrected chi connectivity index (χ0v) is 10.3. The van der Waals surface area contributed by atoms with Crippen molar-refractivity contribution in [2.24, 2.45) is 0 Å². The van der Waals surface area contributed by atoms with Crippen LogP contribution < -0.4 is 5.32 Å². The Labute approximate surface area is 99.3 Å². The van der Waals surface area contributed by atoms with E-state index >= 15 is 0 Å². The molecule has 1 aliphatic heterocycles. The Balaban J connectivity index is 1.94. The van der Waals surface area contributed by atoms with Gasteiger partial charge in [-0.3, -0.25) is 0 Å². The van der Waals surface area contributed by atoms with Crippen LogP contribution in [-0.4, -0.2) is 12.6 Å². The number of hydrogen-bond donors (Lipinski definition) is 1. The van der Waals surface area contributed by atoms with Gasteiger partial charge in [-0.15, -0.1) is 0 Å². The summed E-state index contributed by atoms with van der Waals surface area (Å²) in [6.07, 6.45) is 7.76. The number of benzene rings is 1. The maximum absolute atomic E-state index is 3.62. The minimum atomic E-state index is 0.714. The second kappa shape index (κ2) is 6.05. The van der Waals surface area contributed by atoms with E-state index in [1.807, 2.05) is 0 Å². The molecule has 1 nitrogen and oxygen atoms in total. The van der Waals surface area contributed by atoms with Crippen molar-refractivity contribution < 1.29 is 0 Å². The van der Waals surface area contributed by atoms with Gasteiger partial charge < -0.3 is 5.32 Å². The molecule has 1 heterocycles. The third-order valence-electron chi connectivity index (χ3n) is 3.42. The smallest absolute Gasteiger partial charge is 0.0107 e. The Kier molecular flexibility index (Phi) is 4.41. The SMILES string of the molecule is CCCc1cccc(CC2CCCCN2)c1. The molecule has 1 aromatic carbocycles. The lowest BCUT2D eigenvalue weighted by atomic mass is 9.96. The number of piperidine rings is 1. The zero-order chi connectivity index (χ0) is 11.2. The Morgan fingerprint density at radius 3 is 2.88 bits per heavy atom. The van der Waals surface area contributed by atoms with Crippen molar-refractivity contribution in [3.05, 3.63) is 35.4 Å². The molecule has 1 aliphatic rings. The molecular weight excluding hydrogens is 194 g/mol. The Morgan fingerprint density at radius 2 is 2.12 bits per heavy atom. The first kappa shape index (κ1) is 11.7. The number of hydrogen-bond acceptors (Lipinski definition) is 1. The van der Waals surface area contributed by atoms with Gasteiger partial charge in [-0.05, 0) is 43.4 Å². The van der Waals surface area contributed by atoms with Crippen molar-refractivity contribution in [2.45, 2.75) is 51.5 Å². The average Bonchev–Trinajstić information content (AvgIpc) is 2.31. The predicted octanol–water partition coefficient (Wildman–Crippen LogP) is 3.32. The van der Waals surface area contributed by atoms with Crippen molar-refractivity contribution in [3.63, 3.8) is 0 Å². The van der Waals surface area contributed by atoms with E-state index in [-0.39, 0.29) is 0 Å². The van der Waals surface area contributed by atoms with Gasteiger partial charge in [-0.25, -0.2) is 0 Å². The second-order valence-electron chi connectivity index (χ2n) is 4.92. The first-order chi connectivity index (χ1) is 7.88. The normalized spacial score (nSPS) is 20.9. The molecule has 0 saturated carbocycles. The van der Waals surface area contributed by atoms with Gasteiger partial charge in [0.1, 0.15) is 0 Å². The number of rotatable bonds is 4. The summed E-state index contributed by atoms with van der Waals surface area (Å²) in [5.41, 5.74) is 3.00. The minimum Gasteiger partial charge on any atom is -0.314 e. The van der Waals surface area contributed by atoms with E-state index in [0.29, 0.717) is 6.04 Å². The topological polar surface area (TPSA) is 12.0 Å². The van der Waals surface area contributed by atoms with Gasteiger partial charge in [0.05, 0.1) is 0 Å². The maximum atomic E-state index is 3.62. The van der Waals surface area contributed by atoms with Gasteiger partial charge in [0.2, 0.25) is 0 Å². The van der Waals surface area contributed by atoms with Crippen molar-refractivity contribution in [2.75, 3.05) is 6.54 Å². The molecule has 1 aromatic rings. The summed E-state index contributed by atoms with van der Waals surface area (Å²) in [6.45, 7) is 3.45. The van der Waals surface area contributed by atoms with E-state index in [2.05, 4.69) is 36.5 Å². The molecular formula is C15H23N. The van der Waals surface area contributed by atoms with Crippen molar-refractivity contribution in [1.29, 1.82) is 0 Å². The highest BCUT2D eigenvalue weighted by molar-refractivity contribution is 5.24. The molecule has 0 aliphatic carbocycles. The van der Waals surface area contributed by atoms with Crippen LogP contribution in [0.25, 0.3) is 0 Å². The summed E-state index contributed by atoms with van der Waals surface area (Å²) in [5, 5.41) is 3.62. The molecule has 0 amide bonds. The second-order valence-corrected chi connectivity index (χ2v) is 4.92. The van der Waals surface area contributed by atoms with E-state index in [1.54, 1.807) is 0 Å². The van der Waals surface area contributed by atoms with Crippen molar-refractivity contribution in [3.8, 4) is 0 Å². The van der Waals surface area contributed by atoms with E-state index in [1.165, 1.54) is 56.2 Å². The Bertz CT molecular complexity index is 313. The molecule has 88 valence electrons. The summed E-state index contributed by atoms with van der Waals surface area (Å²) >= 11 is 0. The quantitative estimate of drug-likeness (QED) is 0.815. The lowest BCUT2D eigenvalue weighted by Crippen LogP contribution is -2.35. The first-order valence-corrected chi connectivity index (χ1v) is 6.69. The Morgan fingerprint density at radius 1 is 1.25 bits per heavy atom. The molecule has 1 N–H and O–H groups in total. The molecule has 0 spiro atoms. The highest BCUT2D eigenvalue weighted by Crippen LogP contribution is 2.14. The molecule has 1 unspecified atom stereocenters. The Hall–Kier alpha value is -0.820. The third-order valence-corrected chi connectivity index (χ3v) is 3.42. The average molecular weight is 217 g/mol. The summed E-state index contributed by atoms with van der Waals surface area (Å²) in [7, 11) is 0. The maximum Gasteiger partial charge on any atom is 0.0107 e. The summed E-state index contributed by atoms with van der Waals surface area (Å²) in [5.74, 6) is 0. The van der Waals surface area contributed by atoms with E-state index < -0.39 is 0 Å². The van der Waals surface area contributed by atoms with Gasteiger partial charge in [0, 0.05) is 6.04 Å². The molecule has 0 aromatic heterocycles. The van der Waals surface area contributed by atoms with Crippen LogP contribution in [0.2, 0.25) is 0 Å². The van der Waals surface area contributed by atoms with Crippen LogP contribution in [0, 0.1) is 0 Å². The fourth-order valence-corrected chi connectivity index (χ4v) is 2.58. The zero-order valence-electron chi connectivity index (χ0n) is 10.3. The van der Waals surface area contributed by atoms with Crippen LogP contribution in [0.1, 0.15) is 43.7 Å². The molecule has 16 heavy (non-hydrogen) atoms. The van der Waals surface area contributed by atoms with Gasteiger partial charge in [0.25, 0.3) is 0 Å². The van der Waals surface area contributed by atoms with Gasteiger partial charge in [-0.2, -0.15) is 0 Å². The minimum absolute atomic E-state index is 0.714. The predicted molar refractivity (Wildman–Crippen MR) is 69.8 cm³/mol. The highest BCUT2D eigenvalue weighted by atomic mass is 14.9. The van der Waals surface area contributed by atoms with Crippen LogP contribution in [0.3, 0.4) is 0 Å². The van der Waals surface area contributed by atoms with Crippen LogP contribution in [-0.2, 0) is 12.8 Å². The number of nitrogens with one attached hydrogen (secondary N) is 1. The first-order valence-electron chi connectivity index (χ1n) is 6.69. The molecule has 1 saturated heterocycles. The van der Waals surface area contributed by atoms with Gasteiger partial charge in [0.15, 0.2) is 0 Å². The van der Waals surface area contributed by atoms with Crippen molar-refractivity contribution >= 4 is 0 Å². The van der Waals surface area contributed by atoms with Gasteiger partial charge >= 0.3 is 0 Å². The van der Waals surface area contributed by atoms with Crippen LogP contribution in [0.4, 0.5) is 0 Å². The summed E-state index contributed by atoms with van der Waals surface area (Å²) in [4.78, 5) is 0. The largest absolute Gasteiger partial charge is 0.314 e. The molecule has 1 fully saturated rings. The van der Waals surface area contributed by atoms with Crippen molar-refractivity contribution in [1.82, 2.24) is 5.32 Å². The molecule has 0 bridgehead atoms. The third kappa shape index (κ3) is 3.34. The summed E-state index contributed by atoms with van der Waals surface area (Å²) in [6, 6.07) is 9.84. The fourth-order valence-electron chi connectivity index (χ4n) is 2.58. The van der Waals surface area contributed by atoms with E-state index in [9.17, 15) is 0 Å². The van der Waals surface area contributed by atoms with Crippen LogP contribution in [0.5, 0.6) is 0 Å². The van der Waals surface area contributed by atoms with Crippen LogP contribution in [0.15, 0.2) is 24.3 Å². The lowest BCUT2D eigenvalue weighted by Gasteiger charge is -2.23. The molecule has 1 heteroatoms. The van der Waals surface area contributed by atoms with E-state index in [0.717, 1.165) is 0 Å². The highest BCUT2D eigenvalue weighted by Gasteiger charge is 2.12. The monoisotopic (exact) mass is 217 g/mol. The molecule has 2 rings (SSSR count). The van der Waals surface area contributed by atoms with E-state index in [4.69, 9.17) is 0 Å². The van der Waals surface area contributed by atoms with Gasteiger partial charge in [-0.1, -0.05) is 44.0 Å². The standard InChI is InChI=1S/C15H23N/c1-2-6-13-7-5-8-14(11-13)12-15-9-3-4-10-16-15/h5,7-8,11,15-16H,2-4,6,9-10,12H2,1H3. The lowest BCUT2D eigenvalue weighted by molar-refractivity contribution is 0.399. The van der Waals surface area contributed by atoms with Crippen LogP contribution >= 0.6 is 0 Å². The molecule has 0 radical (unpaired) electrons. The number of aryl methyl sites for hydroxylation is 1.